The third-order valence-electron chi connectivity index (χ3n) is 4.53. The normalized spacial score (nSPS) is 22.7. The van der Waals surface area contributed by atoms with Crippen LogP contribution in [0, 0.1) is 0 Å². The van der Waals surface area contributed by atoms with Gasteiger partial charge < -0.3 is 24.4 Å². The van der Waals surface area contributed by atoms with Gasteiger partial charge in [-0.05, 0) is 12.1 Å². The molecule has 0 radical (unpaired) electrons. The van der Waals surface area contributed by atoms with Gasteiger partial charge in [-0.15, -0.1) is 0 Å². The third-order valence-corrected chi connectivity index (χ3v) is 4.53. The zero-order valence-corrected chi connectivity index (χ0v) is 14.5. The molecule has 1 fully saturated rings. The highest BCUT2D eigenvalue weighted by Crippen LogP contribution is 2.30. The Labute approximate surface area is 148 Å². The van der Waals surface area contributed by atoms with E-state index >= 15 is 0 Å². The van der Waals surface area contributed by atoms with E-state index in [1.165, 1.54) is 0 Å². The van der Waals surface area contributed by atoms with Crippen LogP contribution in [0.3, 0.4) is 0 Å². The van der Waals surface area contributed by atoms with Gasteiger partial charge in [0.05, 0.1) is 25.9 Å². The molecule has 0 saturated carbocycles. The van der Waals surface area contributed by atoms with Gasteiger partial charge in [0.2, 0.25) is 0 Å². The van der Waals surface area contributed by atoms with Crippen LogP contribution in [0.5, 0.6) is 11.5 Å². The fourth-order valence-electron chi connectivity index (χ4n) is 3.17. The monoisotopic (exact) mass is 352 g/mol. The van der Waals surface area contributed by atoms with Crippen LogP contribution in [-0.2, 0) is 4.74 Å². The summed E-state index contributed by atoms with van der Waals surface area (Å²) in [5.74, 6) is 1.50. The van der Waals surface area contributed by atoms with Crippen LogP contribution in [0.15, 0.2) is 24.3 Å². The molecule has 25 heavy (non-hydrogen) atoms. The summed E-state index contributed by atoms with van der Waals surface area (Å²) in [5, 5.41) is 19.1. The Kier molecular flexibility index (Phi) is 6.89. The molecule has 0 amide bonds. The molecule has 7 heteroatoms. The summed E-state index contributed by atoms with van der Waals surface area (Å²) in [7, 11) is 0. The molecule has 7 nitrogen and oxygen atoms in total. The van der Waals surface area contributed by atoms with Crippen molar-refractivity contribution in [2.75, 3.05) is 65.7 Å². The van der Waals surface area contributed by atoms with Crippen molar-refractivity contribution in [1.29, 1.82) is 0 Å². The van der Waals surface area contributed by atoms with Gasteiger partial charge >= 0.3 is 0 Å². The number of hydrogen-bond acceptors (Lipinski definition) is 7. The molecule has 0 spiro atoms. The van der Waals surface area contributed by atoms with Crippen LogP contribution >= 0.6 is 0 Å². The van der Waals surface area contributed by atoms with Crippen LogP contribution < -0.4 is 9.47 Å². The minimum atomic E-state index is -0.513. The molecule has 3 rings (SSSR count). The number of hydrogen-bond donors (Lipinski definition) is 2. The second kappa shape index (κ2) is 9.35. The predicted octanol–water partition coefficient (Wildman–Crippen LogP) is -0.186. The molecule has 0 unspecified atom stereocenters. The van der Waals surface area contributed by atoms with E-state index in [1.54, 1.807) is 0 Å². The highest BCUT2D eigenvalue weighted by atomic mass is 16.6. The minimum absolute atomic E-state index is 0.149. The van der Waals surface area contributed by atoms with Gasteiger partial charge in [0.1, 0.15) is 6.61 Å². The van der Waals surface area contributed by atoms with Gasteiger partial charge in [0.15, 0.2) is 17.6 Å². The quantitative estimate of drug-likeness (QED) is 0.672. The maximum absolute atomic E-state index is 10.2. The number of fused-ring (bicyclic) bond motifs is 1. The lowest BCUT2D eigenvalue weighted by molar-refractivity contribution is -0.0322. The number of β-amino-alcohol motifs (C(OH)–C–C–N with tert-alkyl or cyclic N) is 2. The fraction of sp³-hybridized carbons (Fsp3) is 0.667. The standard InChI is InChI=1S/C18H28N2O5/c21-10-9-19-5-7-20(8-6-19)11-15(22)12-23-13-16-14-24-17-3-1-2-4-18(17)25-16/h1-4,15-16,21-22H,5-14H2/t15-,16-/m0/s1. The molecule has 2 atom stereocenters. The average Bonchev–Trinajstić information content (AvgIpc) is 2.63. The van der Waals surface area contributed by atoms with E-state index < -0.39 is 6.10 Å². The summed E-state index contributed by atoms with van der Waals surface area (Å²) in [6.07, 6.45) is -0.662. The summed E-state index contributed by atoms with van der Waals surface area (Å²) in [5.41, 5.74) is 0. The van der Waals surface area contributed by atoms with Gasteiger partial charge in [0, 0.05) is 39.3 Å². The minimum Gasteiger partial charge on any atom is -0.486 e. The molecule has 1 saturated heterocycles. The molecule has 2 N–H and O–H groups in total. The Bertz CT molecular complexity index is 522. The van der Waals surface area contributed by atoms with Crippen molar-refractivity contribution in [1.82, 2.24) is 9.80 Å². The molecule has 2 aliphatic heterocycles. The van der Waals surface area contributed by atoms with Crippen LogP contribution in [0.2, 0.25) is 0 Å². The number of para-hydroxylation sites is 2. The molecule has 0 aliphatic carbocycles. The van der Waals surface area contributed by atoms with E-state index in [2.05, 4.69) is 9.80 Å². The Morgan fingerprint density at radius 1 is 1.12 bits per heavy atom. The second-order valence-electron chi connectivity index (χ2n) is 6.55. The predicted molar refractivity (Wildman–Crippen MR) is 93.1 cm³/mol. The number of aliphatic hydroxyl groups is 2. The van der Waals surface area contributed by atoms with Crippen LogP contribution in [0.4, 0.5) is 0 Å². The molecule has 2 heterocycles. The molecule has 1 aromatic carbocycles. The van der Waals surface area contributed by atoms with Crippen LogP contribution in [0.25, 0.3) is 0 Å². The number of ether oxygens (including phenoxy) is 3. The molecule has 1 aromatic rings. The average molecular weight is 352 g/mol. The van der Waals surface area contributed by atoms with Crippen LogP contribution in [0.1, 0.15) is 0 Å². The van der Waals surface area contributed by atoms with Gasteiger partial charge in [-0.1, -0.05) is 12.1 Å². The Balaban J connectivity index is 1.30. The van der Waals surface area contributed by atoms with Crippen molar-refractivity contribution in [3.8, 4) is 11.5 Å². The van der Waals surface area contributed by atoms with Crippen molar-refractivity contribution >= 4 is 0 Å². The molecule has 2 aliphatic rings. The van der Waals surface area contributed by atoms with E-state index in [4.69, 9.17) is 19.3 Å². The Hall–Kier alpha value is -1.38. The van der Waals surface area contributed by atoms with Gasteiger partial charge in [-0.25, -0.2) is 0 Å². The van der Waals surface area contributed by atoms with E-state index in [1.807, 2.05) is 24.3 Å². The summed E-state index contributed by atoms with van der Waals surface area (Å²) < 4.78 is 17.1. The smallest absolute Gasteiger partial charge is 0.161 e. The highest BCUT2D eigenvalue weighted by molar-refractivity contribution is 5.40. The fourth-order valence-corrected chi connectivity index (χ4v) is 3.17. The van der Waals surface area contributed by atoms with Crippen molar-refractivity contribution in [3.05, 3.63) is 24.3 Å². The zero-order valence-electron chi connectivity index (χ0n) is 14.5. The molecular weight excluding hydrogens is 324 g/mol. The third kappa shape index (κ3) is 5.55. The maximum Gasteiger partial charge on any atom is 0.161 e. The highest BCUT2D eigenvalue weighted by Gasteiger charge is 2.22. The van der Waals surface area contributed by atoms with Crippen molar-refractivity contribution in [3.63, 3.8) is 0 Å². The first-order valence-corrected chi connectivity index (χ1v) is 8.94. The van der Waals surface area contributed by atoms with E-state index in [9.17, 15) is 5.11 Å². The number of benzene rings is 1. The topological polar surface area (TPSA) is 74.6 Å². The van der Waals surface area contributed by atoms with Crippen molar-refractivity contribution < 1.29 is 24.4 Å². The number of aliphatic hydroxyl groups excluding tert-OH is 2. The van der Waals surface area contributed by atoms with Gasteiger partial charge in [0.25, 0.3) is 0 Å². The van der Waals surface area contributed by atoms with Gasteiger partial charge in [-0.3, -0.25) is 9.80 Å². The number of piperazine rings is 1. The van der Waals surface area contributed by atoms with Crippen molar-refractivity contribution in [2.24, 2.45) is 0 Å². The number of nitrogens with zero attached hydrogens (tertiary/aromatic N) is 2. The lowest BCUT2D eigenvalue weighted by Gasteiger charge is -2.35. The summed E-state index contributed by atoms with van der Waals surface area (Å²) in [4.78, 5) is 4.47. The lowest BCUT2D eigenvalue weighted by Crippen LogP contribution is -2.49. The Morgan fingerprint density at radius 2 is 1.84 bits per heavy atom. The first-order valence-electron chi connectivity index (χ1n) is 8.94. The van der Waals surface area contributed by atoms with Crippen LogP contribution in [-0.4, -0.2) is 97.9 Å². The summed E-state index contributed by atoms with van der Waals surface area (Å²) in [6.45, 7) is 6.37. The second-order valence-corrected chi connectivity index (χ2v) is 6.55. The summed E-state index contributed by atoms with van der Waals surface area (Å²) >= 11 is 0. The maximum atomic E-state index is 10.2. The lowest BCUT2D eigenvalue weighted by atomic mass is 10.2. The van der Waals surface area contributed by atoms with E-state index in [0.29, 0.717) is 26.4 Å². The van der Waals surface area contributed by atoms with E-state index in [0.717, 1.165) is 44.2 Å². The molecule has 0 bridgehead atoms. The van der Waals surface area contributed by atoms with Gasteiger partial charge in [-0.2, -0.15) is 0 Å². The first kappa shape index (κ1) is 18.4. The van der Waals surface area contributed by atoms with Crippen molar-refractivity contribution in [2.45, 2.75) is 12.2 Å². The zero-order chi connectivity index (χ0) is 17.5. The SMILES string of the molecule is OCCN1CCN(C[C@H](O)COC[C@H]2COc3ccccc3O2)CC1. The molecular formula is C18H28N2O5. The first-order chi connectivity index (χ1) is 12.2. The largest absolute Gasteiger partial charge is 0.486 e. The molecule has 0 aromatic heterocycles. The molecule has 140 valence electrons. The van der Waals surface area contributed by atoms with E-state index in [-0.39, 0.29) is 12.7 Å². The Morgan fingerprint density at radius 3 is 2.60 bits per heavy atom. The summed E-state index contributed by atoms with van der Waals surface area (Å²) in [6, 6.07) is 7.59. The number of rotatable bonds is 8.